The van der Waals surface area contributed by atoms with Crippen molar-refractivity contribution in [3.05, 3.63) is 199 Å². The van der Waals surface area contributed by atoms with Gasteiger partial charge >= 0.3 is 0 Å². The summed E-state index contributed by atoms with van der Waals surface area (Å²) in [6.45, 7) is 23.0. The Hall–Kier alpha value is -5.42. The SMILES string of the molecule is CC1=C[C+](C(C)(C)C)C=C(C)C1=c1c2ccccc2c(=C=C2c3ccccc3[C-](c3c(C)cc(C(C)(C)C)cc3C)c3ccccc32)c2ccccc12. The zero-order valence-electron chi connectivity index (χ0n) is 33.0. The topological polar surface area (TPSA) is 0 Å². The Morgan fingerprint density at radius 3 is 1.43 bits per heavy atom. The molecule has 262 valence electrons. The Bertz CT molecular complexity index is 2550. The normalized spacial score (nSPS) is 14.6. The molecule has 0 bridgehead atoms. The summed E-state index contributed by atoms with van der Waals surface area (Å²) in [7, 11) is 0. The molecule has 0 amide bonds. The van der Waals surface area contributed by atoms with Gasteiger partial charge in [0.15, 0.2) is 0 Å². The minimum atomic E-state index is 0.0837. The van der Waals surface area contributed by atoms with Crippen LogP contribution in [0.2, 0.25) is 0 Å². The van der Waals surface area contributed by atoms with E-state index in [2.05, 4.69) is 196 Å². The van der Waals surface area contributed by atoms with Crippen LogP contribution in [0.1, 0.15) is 99.9 Å². The van der Waals surface area contributed by atoms with E-state index in [9.17, 15) is 0 Å². The number of fused-ring (bicyclic) bond motifs is 4. The molecule has 0 fully saturated rings. The summed E-state index contributed by atoms with van der Waals surface area (Å²) in [5.74, 6) is 2.69. The average molecular weight is 687 g/mol. The lowest BCUT2D eigenvalue weighted by molar-refractivity contribution is 0.472. The molecule has 0 N–H and O–H groups in total. The molecule has 6 aromatic rings. The van der Waals surface area contributed by atoms with Gasteiger partial charge in [-0.2, -0.15) is 0 Å². The van der Waals surface area contributed by atoms with Crippen molar-refractivity contribution >= 4 is 38.4 Å². The Balaban J connectivity index is 1.49. The fourth-order valence-electron chi connectivity index (χ4n) is 8.77. The second kappa shape index (κ2) is 12.6. The summed E-state index contributed by atoms with van der Waals surface area (Å²) in [4.78, 5) is 0. The monoisotopic (exact) mass is 686 g/mol. The molecule has 0 aliphatic heterocycles. The van der Waals surface area contributed by atoms with Crippen molar-refractivity contribution < 1.29 is 0 Å². The predicted molar refractivity (Wildman–Crippen MR) is 228 cm³/mol. The molecule has 6 aromatic carbocycles. The second-order valence-electron chi connectivity index (χ2n) is 17.3. The molecule has 0 saturated heterocycles. The van der Waals surface area contributed by atoms with Crippen LogP contribution < -0.4 is 10.4 Å². The minimum absolute atomic E-state index is 0.0837. The van der Waals surface area contributed by atoms with Gasteiger partial charge in [0, 0.05) is 29.7 Å². The standard InChI is InChI=1S/C53H50/c1-32-27-36(52(5,6)7)28-33(2)48(32)50-42-23-15-11-19-38(42)46(39-20-12-16-24-43(39)50)31-47-40-21-13-17-25-44(40)51(45-26-18-14-22-41(45)47)49-34(3)29-37(30-35(49)4)53(8,9)10/h11-30H,1-10H3. The van der Waals surface area contributed by atoms with Gasteiger partial charge in [-0.05, 0) is 53.3 Å². The molecule has 8 rings (SSSR count). The van der Waals surface area contributed by atoms with Gasteiger partial charge in [0.05, 0.1) is 34.8 Å². The predicted octanol–water partition coefficient (Wildman–Crippen LogP) is 12.4. The number of hydrogen-bond donors (Lipinski definition) is 0. The van der Waals surface area contributed by atoms with Gasteiger partial charge in [0.25, 0.3) is 0 Å². The number of allylic oxidation sites excluding steroid dienone is 4. The highest BCUT2D eigenvalue weighted by atomic mass is 14.3. The first kappa shape index (κ1) is 34.7. The van der Waals surface area contributed by atoms with E-state index in [1.54, 1.807) is 0 Å². The van der Waals surface area contributed by atoms with Gasteiger partial charge < -0.3 is 0 Å². The van der Waals surface area contributed by atoms with Crippen molar-refractivity contribution in [2.45, 2.75) is 74.7 Å². The molecular formula is C53H50. The number of aryl methyl sites for hydroxylation is 2. The van der Waals surface area contributed by atoms with Crippen molar-refractivity contribution in [1.82, 2.24) is 0 Å². The maximum Gasteiger partial charge on any atom is 0.0976 e. The summed E-state index contributed by atoms with van der Waals surface area (Å²) in [6, 6.07) is 40.7. The largest absolute Gasteiger partial charge is 0.114 e. The first-order chi connectivity index (χ1) is 25.2. The van der Waals surface area contributed by atoms with Gasteiger partial charge in [-0.15, -0.1) is 5.73 Å². The maximum absolute atomic E-state index is 4.15. The smallest absolute Gasteiger partial charge is 0.0976 e. The summed E-state index contributed by atoms with van der Waals surface area (Å²) >= 11 is 0. The molecule has 0 nitrogen and oxygen atoms in total. The van der Waals surface area contributed by atoms with Crippen molar-refractivity contribution in [3.63, 3.8) is 0 Å². The maximum atomic E-state index is 4.15. The Labute approximate surface area is 316 Å². The van der Waals surface area contributed by atoms with Crippen LogP contribution in [-0.2, 0) is 5.41 Å². The Morgan fingerprint density at radius 2 is 0.981 bits per heavy atom. The number of rotatable bonds is 1. The minimum Gasteiger partial charge on any atom is -0.114 e. The van der Waals surface area contributed by atoms with Crippen LogP contribution in [0, 0.1) is 31.1 Å². The lowest BCUT2D eigenvalue weighted by Crippen LogP contribution is -2.22. The molecule has 0 aromatic heterocycles. The van der Waals surface area contributed by atoms with Gasteiger partial charge in [-0.25, -0.2) is 0 Å². The molecule has 0 heterocycles. The molecule has 0 spiro atoms. The highest BCUT2D eigenvalue weighted by Crippen LogP contribution is 2.47. The van der Waals surface area contributed by atoms with Crippen LogP contribution >= 0.6 is 0 Å². The van der Waals surface area contributed by atoms with E-state index < -0.39 is 0 Å². The van der Waals surface area contributed by atoms with Crippen molar-refractivity contribution in [2.75, 3.05) is 0 Å². The molecule has 0 heteroatoms. The van der Waals surface area contributed by atoms with Crippen LogP contribution in [0.5, 0.6) is 0 Å². The van der Waals surface area contributed by atoms with E-state index in [-0.39, 0.29) is 10.8 Å². The Morgan fingerprint density at radius 1 is 0.547 bits per heavy atom. The van der Waals surface area contributed by atoms with Gasteiger partial charge in [0.2, 0.25) is 0 Å². The van der Waals surface area contributed by atoms with Crippen LogP contribution in [-0.4, -0.2) is 0 Å². The molecule has 0 unspecified atom stereocenters. The summed E-state index contributed by atoms with van der Waals surface area (Å²) in [6.07, 6.45) is 4.80. The van der Waals surface area contributed by atoms with Crippen molar-refractivity contribution in [3.8, 4) is 0 Å². The lowest BCUT2D eigenvalue weighted by Gasteiger charge is -2.38. The van der Waals surface area contributed by atoms with Crippen LogP contribution in [0.4, 0.5) is 0 Å². The fraction of sp³-hybridized carbons (Fsp3) is 0.226. The van der Waals surface area contributed by atoms with Crippen molar-refractivity contribution in [1.29, 1.82) is 0 Å². The van der Waals surface area contributed by atoms with Gasteiger partial charge in [-0.3, -0.25) is 0 Å². The number of hydrogen-bond acceptors (Lipinski definition) is 0. The van der Waals surface area contributed by atoms with E-state index in [1.807, 2.05) is 0 Å². The van der Waals surface area contributed by atoms with E-state index in [4.69, 9.17) is 0 Å². The van der Waals surface area contributed by atoms with Gasteiger partial charge in [-0.1, -0.05) is 194 Å². The molecule has 0 radical (unpaired) electrons. The highest BCUT2D eigenvalue weighted by molar-refractivity contribution is 6.06. The molecular weight excluding hydrogens is 637 g/mol. The Kier molecular flexibility index (Phi) is 8.25. The van der Waals surface area contributed by atoms with Crippen molar-refractivity contribution in [2.24, 2.45) is 5.41 Å². The van der Waals surface area contributed by atoms with Gasteiger partial charge in [0.1, 0.15) is 0 Å². The molecule has 2 aliphatic carbocycles. The van der Waals surface area contributed by atoms with Crippen LogP contribution in [0.15, 0.2) is 132 Å². The fourth-order valence-corrected chi connectivity index (χ4v) is 8.77. The summed E-state index contributed by atoms with van der Waals surface area (Å²) in [5.41, 5.74) is 19.8. The second-order valence-corrected chi connectivity index (χ2v) is 17.3. The number of benzene rings is 6. The third-order valence-corrected chi connectivity index (χ3v) is 11.4. The summed E-state index contributed by atoms with van der Waals surface area (Å²) < 4.78 is 0. The molecule has 0 atom stereocenters. The first-order valence-corrected chi connectivity index (χ1v) is 19.1. The lowest BCUT2D eigenvalue weighted by atomic mass is 9.70. The zero-order valence-corrected chi connectivity index (χ0v) is 33.0. The van der Waals surface area contributed by atoms with E-state index in [0.29, 0.717) is 0 Å². The third kappa shape index (κ3) is 5.78. The summed E-state index contributed by atoms with van der Waals surface area (Å²) in [5, 5.41) is 7.43. The third-order valence-electron chi connectivity index (χ3n) is 11.4. The van der Waals surface area contributed by atoms with Crippen LogP contribution in [0.3, 0.4) is 0 Å². The quantitative estimate of drug-likeness (QED) is 0.119. The first-order valence-electron chi connectivity index (χ1n) is 19.1. The zero-order chi connectivity index (χ0) is 37.4. The molecule has 2 aliphatic rings. The average Bonchev–Trinajstić information content (AvgIpc) is 3.11. The van der Waals surface area contributed by atoms with E-state index in [0.717, 1.165) is 10.8 Å². The highest BCUT2D eigenvalue weighted by Gasteiger charge is 2.33. The van der Waals surface area contributed by atoms with E-state index >= 15 is 0 Å². The van der Waals surface area contributed by atoms with E-state index in [1.165, 1.54) is 99.8 Å². The molecule has 53 heavy (non-hydrogen) atoms. The van der Waals surface area contributed by atoms with Crippen LogP contribution in [0.25, 0.3) is 38.4 Å². The molecule has 0 saturated carbocycles.